The molecule has 2 aliphatic carbocycles. The Balaban J connectivity index is 1.38. The zero-order valence-corrected chi connectivity index (χ0v) is 13.3. The molecule has 3 fully saturated rings. The standard InChI is InChI=1S/C16H25N5O/c1-11(22)21(13-6-7-13)9-14-3-2-8-20(14)10-15-17-16(19-18-15)12-4-5-12/h12-14H,2-10H2,1H3,(H,17,18,19)/t14-/m1/s1. The lowest BCUT2D eigenvalue weighted by Gasteiger charge is -2.30. The van der Waals surface area contributed by atoms with E-state index in [-0.39, 0.29) is 5.91 Å². The fourth-order valence-corrected chi connectivity index (χ4v) is 3.56. The molecular weight excluding hydrogens is 278 g/mol. The monoisotopic (exact) mass is 303 g/mol. The summed E-state index contributed by atoms with van der Waals surface area (Å²) in [5.41, 5.74) is 0. The third-order valence-corrected chi connectivity index (χ3v) is 5.14. The summed E-state index contributed by atoms with van der Waals surface area (Å²) in [6.07, 6.45) is 7.22. The Morgan fingerprint density at radius 3 is 2.82 bits per heavy atom. The van der Waals surface area contributed by atoms with E-state index in [0.717, 1.165) is 31.3 Å². The highest BCUT2D eigenvalue weighted by atomic mass is 16.2. The van der Waals surface area contributed by atoms with Gasteiger partial charge in [-0.1, -0.05) is 0 Å². The number of hydrogen-bond donors (Lipinski definition) is 1. The Morgan fingerprint density at radius 1 is 1.32 bits per heavy atom. The van der Waals surface area contributed by atoms with E-state index in [0.29, 0.717) is 18.0 Å². The van der Waals surface area contributed by atoms with Gasteiger partial charge in [-0.15, -0.1) is 0 Å². The van der Waals surface area contributed by atoms with E-state index in [2.05, 4.69) is 25.0 Å². The smallest absolute Gasteiger partial charge is 0.219 e. The van der Waals surface area contributed by atoms with Crippen LogP contribution in [-0.4, -0.2) is 56.1 Å². The molecule has 1 aromatic heterocycles. The minimum atomic E-state index is 0.227. The van der Waals surface area contributed by atoms with Gasteiger partial charge in [0.25, 0.3) is 0 Å². The molecule has 4 rings (SSSR count). The minimum Gasteiger partial charge on any atom is -0.338 e. The summed E-state index contributed by atoms with van der Waals surface area (Å²) >= 11 is 0. The van der Waals surface area contributed by atoms with Crippen LogP contribution in [0.15, 0.2) is 0 Å². The summed E-state index contributed by atoms with van der Waals surface area (Å²) in [4.78, 5) is 21.0. The van der Waals surface area contributed by atoms with Gasteiger partial charge in [0.05, 0.1) is 6.54 Å². The quantitative estimate of drug-likeness (QED) is 0.868. The summed E-state index contributed by atoms with van der Waals surface area (Å²) in [5.74, 6) is 2.80. The van der Waals surface area contributed by atoms with Crippen molar-refractivity contribution in [3.63, 3.8) is 0 Å². The molecule has 1 aromatic rings. The van der Waals surface area contributed by atoms with Crippen molar-refractivity contribution >= 4 is 5.91 Å². The molecule has 6 nitrogen and oxygen atoms in total. The van der Waals surface area contributed by atoms with Gasteiger partial charge in [0.2, 0.25) is 5.91 Å². The number of nitrogens with one attached hydrogen (secondary N) is 1. The molecule has 3 aliphatic rings. The number of amides is 1. The van der Waals surface area contributed by atoms with Gasteiger partial charge in [-0.3, -0.25) is 14.8 Å². The van der Waals surface area contributed by atoms with Gasteiger partial charge in [-0.2, -0.15) is 5.10 Å². The summed E-state index contributed by atoms with van der Waals surface area (Å²) in [5, 5.41) is 7.45. The maximum atomic E-state index is 11.8. The average molecular weight is 303 g/mol. The van der Waals surface area contributed by atoms with Crippen molar-refractivity contribution in [1.29, 1.82) is 0 Å². The Kier molecular flexibility index (Phi) is 3.64. The molecule has 2 saturated carbocycles. The molecule has 0 bridgehead atoms. The van der Waals surface area contributed by atoms with E-state index in [1.54, 1.807) is 6.92 Å². The number of nitrogens with zero attached hydrogens (tertiary/aromatic N) is 4. The Labute approximate surface area is 131 Å². The number of H-pyrrole nitrogens is 1. The summed E-state index contributed by atoms with van der Waals surface area (Å²) < 4.78 is 0. The maximum absolute atomic E-state index is 11.8. The van der Waals surface area contributed by atoms with Gasteiger partial charge < -0.3 is 4.90 Å². The van der Waals surface area contributed by atoms with E-state index in [1.165, 1.54) is 38.5 Å². The van der Waals surface area contributed by atoms with Gasteiger partial charge in [0.15, 0.2) is 5.82 Å². The van der Waals surface area contributed by atoms with Gasteiger partial charge in [0.1, 0.15) is 5.82 Å². The van der Waals surface area contributed by atoms with Crippen LogP contribution in [0.2, 0.25) is 0 Å². The lowest BCUT2D eigenvalue weighted by Crippen LogP contribution is -2.43. The summed E-state index contributed by atoms with van der Waals surface area (Å²) in [7, 11) is 0. The van der Waals surface area contributed by atoms with E-state index < -0.39 is 0 Å². The molecule has 1 atom stereocenters. The number of rotatable bonds is 6. The van der Waals surface area contributed by atoms with Crippen molar-refractivity contribution in [2.45, 2.75) is 70.0 Å². The van der Waals surface area contributed by atoms with Crippen molar-refractivity contribution in [2.24, 2.45) is 0 Å². The molecule has 2 heterocycles. The van der Waals surface area contributed by atoms with E-state index in [4.69, 9.17) is 0 Å². The van der Waals surface area contributed by atoms with Crippen LogP contribution in [0.1, 0.15) is 63.0 Å². The second-order valence-electron chi connectivity index (χ2n) is 7.08. The average Bonchev–Trinajstić information content (AvgIpc) is 3.42. The van der Waals surface area contributed by atoms with Crippen molar-refractivity contribution in [1.82, 2.24) is 25.0 Å². The normalized spacial score (nSPS) is 25.6. The highest BCUT2D eigenvalue weighted by Gasteiger charge is 2.35. The topological polar surface area (TPSA) is 65.1 Å². The van der Waals surface area contributed by atoms with Crippen LogP contribution in [0.3, 0.4) is 0 Å². The SMILES string of the molecule is CC(=O)N(C[C@H]1CCCN1Cc1nc(C2CC2)n[nH]1)C1CC1. The number of aromatic nitrogens is 3. The van der Waals surface area contributed by atoms with Gasteiger partial charge in [-0.25, -0.2) is 4.98 Å². The molecule has 22 heavy (non-hydrogen) atoms. The highest BCUT2D eigenvalue weighted by Crippen LogP contribution is 2.38. The summed E-state index contributed by atoms with van der Waals surface area (Å²) in [6, 6.07) is 0.977. The first kappa shape index (κ1) is 14.2. The minimum absolute atomic E-state index is 0.227. The Morgan fingerprint density at radius 2 is 2.14 bits per heavy atom. The molecule has 1 N–H and O–H groups in total. The Hall–Kier alpha value is -1.43. The fraction of sp³-hybridized carbons (Fsp3) is 0.812. The first-order valence-electron chi connectivity index (χ1n) is 8.63. The van der Waals surface area contributed by atoms with Crippen molar-refractivity contribution in [3.05, 3.63) is 11.6 Å². The number of carbonyl (C=O) groups excluding carboxylic acids is 1. The third kappa shape index (κ3) is 3.02. The van der Waals surface area contributed by atoms with E-state index in [1.807, 2.05) is 0 Å². The van der Waals surface area contributed by atoms with Gasteiger partial charge in [0, 0.05) is 31.5 Å². The molecular formula is C16H25N5O. The lowest BCUT2D eigenvalue weighted by molar-refractivity contribution is -0.130. The van der Waals surface area contributed by atoms with Crippen LogP contribution in [0, 0.1) is 0 Å². The fourth-order valence-electron chi connectivity index (χ4n) is 3.56. The molecule has 0 spiro atoms. The molecule has 0 radical (unpaired) electrons. The Bertz CT molecular complexity index is 548. The second kappa shape index (κ2) is 5.65. The predicted molar refractivity (Wildman–Crippen MR) is 82.2 cm³/mol. The highest BCUT2D eigenvalue weighted by molar-refractivity contribution is 5.74. The molecule has 6 heteroatoms. The van der Waals surface area contributed by atoms with E-state index >= 15 is 0 Å². The number of carbonyl (C=O) groups is 1. The van der Waals surface area contributed by atoms with Crippen LogP contribution in [0.25, 0.3) is 0 Å². The van der Waals surface area contributed by atoms with Crippen LogP contribution in [0.4, 0.5) is 0 Å². The molecule has 0 aromatic carbocycles. The summed E-state index contributed by atoms with van der Waals surface area (Å²) in [6.45, 7) is 4.51. The molecule has 1 saturated heterocycles. The van der Waals surface area contributed by atoms with Crippen LogP contribution >= 0.6 is 0 Å². The largest absolute Gasteiger partial charge is 0.338 e. The zero-order valence-electron chi connectivity index (χ0n) is 13.3. The predicted octanol–water partition coefficient (Wildman–Crippen LogP) is 1.66. The number of aromatic amines is 1. The number of hydrogen-bond acceptors (Lipinski definition) is 4. The van der Waals surface area contributed by atoms with Crippen molar-refractivity contribution in [2.75, 3.05) is 13.1 Å². The molecule has 1 aliphatic heterocycles. The molecule has 0 unspecified atom stereocenters. The van der Waals surface area contributed by atoms with Crippen LogP contribution in [0.5, 0.6) is 0 Å². The lowest BCUT2D eigenvalue weighted by atomic mass is 10.2. The maximum Gasteiger partial charge on any atom is 0.219 e. The van der Waals surface area contributed by atoms with Gasteiger partial charge >= 0.3 is 0 Å². The first-order chi connectivity index (χ1) is 10.7. The molecule has 120 valence electrons. The van der Waals surface area contributed by atoms with Gasteiger partial charge in [-0.05, 0) is 45.1 Å². The number of likely N-dealkylation sites (tertiary alicyclic amines) is 1. The van der Waals surface area contributed by atoms with E-state index in [9.17, 15) is 4.79 Å². The first-order valence-corrected chi connectivity index (χ1v) is 8.63. The van der Waals surface area contributed by atoms with Crippen LogP contribution < -0.4 is 0 Å². The third-order valence-electron chi connectivity index (χ3n) is 5.14. The van der Waals surface area contributed by atoms with Crippen LogP contribution in [-0.2, 0) is 11.3 Å². The van der Waals surface area contributed by atoms with Crippen molar-refractivity contribution < 1.29 is 4.79 Å². The second-order valence-corrected chi connectivity index (χ2v) is 7.08. The zero-order chi connectivity index (χ0) is 15.1. The molecule has 1 amide bonds. The van der Waals surface area contributed by atoms with Crippen molar-refractivity contribution in [3.8, 4) is 0 Å².